The molecule has 86 valence electrons. The van der Waals surface area contributed by atoms with Crippen molar-refractivity contribution < 1.29 is 4.74 Å². The van der Waals surface area contributed by atoms with Gasteiger partial charge in [-0.15, -0.1) is 0 Å². The van der Waals surface area contributed by atoms with Gasteiger partial charge in [0, 0.05) is 18.8 Å². The Balaban J connectivity index is 2.18. The Morgan fingerprint density at radius 1 is 1.33 bits per heavy atom. The largest absolute Gasteiger partial charge is 0.379 e. The molecule has 0 spiro atoms. The number of hydrogen-bond acceptors (Lipinski definition) is 2. The van der Waals surface area contributed by atoms with Crippen LogP contribution < -0.4 is 0 Å². The van der Waals surface area contributed by atoms with E-state index in [2.05, 4.69) is 30.3 Å². The van der Waals surface area contributed by atoms with Gasteiger partial charge in [0.1, 0.15) is 0 Å². The first kappa shape index (κ1) is 12.2. The fourth-order valence-electron chi connectivity index (χ4n) is 1.47. The average molecular weight is 210 g/mol. The van der Waals surface area contributed by atoms with E-state index in [-0.39, 0.29) is 0 Å². The molecule has 1 aromatic rings. The first-order valence-electron chi connectivity index (χ1n) is 5.71. The summed E-state index contributed by atoms with van der Waals surface area (Å²) in [6.45, 7) is 10.2. The Labute approximate surface area is 92.5 Å². The van der Waals surface area contributed by atoms with Crippen LogP contribution in [0.3, 0.4) is 0 Å². The molecule has 0 radical (unpaired) electrons. The lowest BCUT2D eigenvalue weighted by molar-refractivity contribution is 0.0754. The van der Waals surface area contributed by atoms with Gasteiger partial charge in [0.2, 0.25) is 0 Å². The van der Waals surface area contributed by atoms with Crippen molar-refractivity contribution >= 4 is 0 Å². The molecule has 0 unspecified atom stereocenters. The second-order valence-corrected chi connectivity index (χ2v) is 4.24. The molecule has 1 heterocycles. The van der Waals surface area contributed by atoms with E-state index in [0.717, 1.165) is 31.7 Å². The maximum absolute atomic E-state index is 5.49. The van der Waals surface area contributed by atoms with Gasteiger partial charge in [-0.25, -0.2) is 4.98 Å². The van der Waals surface area contributed by atoms with Crippen LogP contribution in [0.1, 0.15) is 38.1 Å². The zero-order valence-corrected chi connectivity index (χ0v) is 10.3. The third-order valence-corrected chi connectivity index (χ3v) is 2.59. The lowest BCUT2D eigenvalue weighted by Gasteiger charge is -2.08. The van der Waals surface area contributed by atoms with E-state index in [1.54, 1.807) is 0 Å². The first-order valence-corrected chi connectivity index (χ1v) is 5.71. The highest BCUT2D eigenvalue weighted by atomic mass is 16.5. The minimum absolute atomic E-state index is 0.349. The van der Waals surface area contributed by atoms with Crippen LogP contribution in [0.4, 0.5) is 0 Å². The van der Waals surface area contributed by atoms with Crippen LogP contribution in [-0.4, -0.2) is 22.3 Å². The van der Waals surface area contributed by atoms with E-state index in [1.807, 2.05) is 13.3 Å². The number of hydrogen-bond donors (Lipinski definition) is 0. The van der Waals surface area contributed by atoms with Crippen molar-refractivity contribution in [2.45, 2.75) is 53.2 Å². The molecule has 3 nitrogen and oxygen atoms in total. The highest BCUT2D eigenvalue weighted by molar-refractivity contribution is 5.08. The predicted molar refractivity (Wildman–Crippen MR) is 62.0 cm³/mol. The third kappa shape index (κ3) is 4.04. The normalized spacial score (nSPS) is 11.3. The monoisotopic (exact) mass is 210 g/mol. The second-order valence-electron chi connectivity index (χ2n) is 4.24. The number of ether oxygens (including phenoxy) is 1. The van der Waals surface area contributed by atoms with Gasteiger partial charge in [0.25, 0.3) is 0 Å². The van der Waals surface area contributed by atoms with Gasteiger partial charge in [-0.05, 0) is 40.5 Å². The van der Waals surface area contributed by atoms with Crippen LogP contribution in [0.25, 0.3) is 0 Å². The molecule has 0 bridgehead atoms. The number of aryl methyl sites for hydroxylation is 2. The van der Waals surface area contributed by atoms with Crippen LogP contribution in [0.2, 0.25) is 0 Å². The van der Waals surface area contributed by atoms with Gasteiger partial charge in [-0.3, -0.25) is 0 Å². The van der Waals surface area contributed by atoms with Crippen molar-refractivity contribution in [1.29, 1.82) is 0 Å². The van der Waals surface area contributed by atoms with Gasteiger partial charge < -0.3 is 9.30 Å². The SMILES string of the molecule is Cc1ncn(CCCCOC(C)C)c1C. The number of rotatable bonds is 6. The lowest BCUT2D eigenvalue weighted by atomic mass is 10.3. The van der Waals surface area contributed by atoms with Crippen molar-refractivity contribution in [2.24, 2.45) is 0 Å². The summed E-state index contributed by atoms with van der Waals surface area (Å²) in [4.78, 5) is 4.27. The zero-order valence-electron chi connectivity index (χ0n) is 10.3. The van der Waals surface area contributed by atoms with E-state index in [0.29, 0.717) is 6.10 Å². The van der Waals surface area contributed by atoms with Crippen molar-refractivity contribution in [3.05, 3.63) is 17.7 Å². The van der Waals surface area contributed by atoms with Crippen LogP contribution >= 0.6 is 0 Å². The molecule has 3 heteroatoms. The molecule has 0 amide bonds. The molecule has 0 atom stereocenters. The Morgan fingerprint density at radius 3 is 2.60 bits per heavy atom. The molecule has 0 saturated heterocycles. The summed E-state index contributed by atoms with van der Waals surface area (Å²) in [7, 11) is 0. The summed E-state index contributed by atoms with van der Waals surface area (Å²) < 4.78 is 7.70. The first-order chi connectivity index (χ1) is 7.11. The molecule has 0 saturated carbocycles. The van der Waals surface area contributed by atoms with Gasteiger partial charge >= 0.3 is 0 Å². The van der Waals surface area contributed by atoms with Crippen molar-refractivity contribution in [3.8, 4) is 0 Å². The van der Waals surface area contributed by atoms with Gasteiger partial charge in [-0.1, -0.05) is 0 Å². The zero-order chi connectivity index (χ0) is 11.3. The molecule has 1 rings (SSSR count). The van der Waals surface area contributed by atoms with Crippen molar-refractivity contribution in [3.63, 3.8) is 0 Å². The maximum Gasteiger partial charge on any atom is 0.0951 e. The molecular formula is C12H22N2O. The summed E-state index contributed by atoms with van der Waals surface area (Å²) in [6.07, 6.45) is 4.55. The van der Waals surface area contributed by atoms with E-state index in [9.17, 15) is 0 Å². The smallest absolute Gasteiger partial charge is 0.0951 e. The second kappa shape index (κ2) is 5.91. The Morgan fingerprint density at radius 2 is 2.07 bits per heavy atom. The highest BCUT2D eigenvalue weighted by Gasteiger charge is 2.01. The van der Waals surface area contributed by atoms with Crippen LogP contribution in [0.15, 0.2) is 6.33 Å². The number of aromatic nitrogens is 2. The summed E-state index contributed by atoms with van der Waals surface area (Å²) in [5.74, 6) is 0. The summed E-state index contributed by atoms with van der Waals surface area (Å²) in [5.41, 5.74) is 2.41. The minimum Gasteiger partial charge on any atom is -0.379 e. The van der Waals surface area contributed by atoms with Crippen LogP contribution in [0.5, 0.6) is 0 Å². The minimum atomic E-state index is 0.349. The number of nitrogens with zero attached hydrogens (tertiary/aromatic N) is 2. The van der Waals surface area contributed by atoms with E-state index < -0.39 is 0 Å². The molecule has 0 fully saturated rings. The number of imidazole rings is 1. The Hall–Kier alpha value is -0.830. The fourth-order valence-corrected chi connectivity index (χ4v) is 1.47. The molecule has 0 N–H and O–H groups in total. The molecule has 0 aliphatic carbocycles. The molecule has 15 heavy (non-hydrogen) atoms. The maximum atomic E-state index is 5.49. The molecule has 0 aromatic carbocycles. The molecule has 0 aliphatic rings. The molecular weight excluding hydrogens is 188 g/mol. The summed E-state index contributed by atoms with van der Waals surface area (Å²) >= 11 is 0. The topological polar surface area (TPSA) is 27.1 Å². The summed E-state index contributed by atoms with van der Waals surface area (Å²) in [5, 5.41) is 0. The average Bonchev–Trinajstić information content (AvgIpc) is 2.48. The van der Waals surface area contributed by atoms with Gasteiger partial charge in [-0.2, -0.15) is 0 Å². The Bertz CT molecular complexity index is 292. The summed E-state index contributed by atoms with van der Waals surface area (Å²) in [6, 6.07) is 0. The van der Waals surface area contributed by atoms with Gasteiger partial charge in [0.05, 0.1) is 18.1 Å². The third-order valence-electron chi connectivity index (χ3n) is 2.59. The molecule has 1 aromatic heterocycles. The predicted octanol–water partition coefficient (Wildman–Crippen LogP) is 2.71. The number of unbranched alkanes of at least 4 members (excludes halogenated alkanes) is 1. The van der Waals surface area contributed by atoms with E-state index in [1.165, 1.54) is 5.69 Å². The van der Waals surface area contributed by atoms with Crippen LogP contribution in [0, 0.1) is 13.8 Å². The van der Waals surface area contributed by atoms with Crippen molar-refractivity contribution in [1.82, 2.24) is 9.55 Å². The lowest BCUT2D eigenvalue weighted by Crippen LogP contribution is -2.05. The highest BCUT2D eigenvalue weighted by Crippen LogP contribution is 2.06. The van der Waals surface area contributed by atoms with Crippen molar-refractivity contribution in [2.75, 3.05) is 6.61 Å². The standard InChI is InChI=1S/C12H22N2O/c1-10(2)15-8-6-5-7-14-9-13-11(3)12(14)4/h9-10H,5-8H2,1-4H3. The quantitative estimate of drug-likeness (QED) is 0.675. The van der Waals surface area contributed by atoms with E-state index >= 15 is 0 Å². The Kier molecular flexibility index (Phi) is 4.82. The molecule has 0 aliphatic heterocycles. The van der Waals surface area contributed by atoms with Crippen LogP contribution in [-0.2, 0) is 11.3 Å². The van der Waals surface area contributed by atoms with E-state index in [4.69, 9.17) is 4.74 Å². The van der Waals surface area contributed by atoms with Gasteiger partial charge in [0.15, 0.2) is 0 Å². The fraction of sp³-hybridized carbons (Fsp3) is 0.750.